The van der Waals surface area contributed by atoms with Crippen molar-refractivity contribution in [2.24, 2.45) is 0 Å². The molecule has 1 unspecified atom stereocenters. The van der Waals surface area contributed by atoms with Crippen molar-refractivity contribution in [2.45, 2.75) is 25.7 Å². The van der Waals surface area contributed by atoms with Crippen LogP contribution in [0.4, 0.5) is 0 Å². The minimum atomic E-state index is 0.659. The van der Waals surface area contributed by atoms with E-state index in [9.17, 15) is 0 Å². The van der Waals surface area contributed by atoms with E-state index in [4.69, 9.17) is 0 Å². The quantitative estimate of drug-likeness (QED) is 0.824. The van der Waals surface area contributed by atoms with Crippen LogP contribution in [0.3, 0.4) is 0 Å². The summed E-state index contributed by atoms with van der Waals surface area (Å²) >= 11 is 5.12. The summed E-state index contributed by atoms with van der Waals surface area (Å²) in [7, 11) is 0. The summed E-state index contributed by atoms with van der Waals surface area (Å²) in [6.07, 6.45) is 2.61. The minimum Gasteiger partial charge on any atom is -0.303 e. The second-order valence-electron chi connectivity index (χ2n) is 3.76. The lowest BCUT2D eigenvalue weighted by molar-refractivity contribution is 0.216. The molecule has 0 aliphatic carbocycles. The van der Waals surface area contributed by atoms with Crippen molar-refractivity contribution >= 4 is 27.3 Å². The molecule has 0 bridgehead atoms. The first kappa shape index (κ1) is 10.6. The van der Waals surface area contributed by atoms with Gasteiger partial charge in [0.1, 0.15) is 0 Å². The first-order valence-corrected chi connectivity index (χ1v) is 6.80. The topological polar surface area (TPSA) is 16.1 Å². The third kappa shape index (κ3) is 2.35. The van der Waals surface area contributed by atoms with Crippen molar-refractivity contribution in [3.63, 3.8) is 0 Å². The van der Waals surface area contributed by atoms with Gasteiger partial charge in [0, 0.05) is 17.8 Å². The van der Waals surface area contributed by atoms with E-state index in [1.807, 2.05) is 0 Å². The highest BCUT2D eigenvalue weighted by Gasteiger charge is 2.21. The molecule has 2 heterocycles. The van der Waals surface area contributed by atoms with Crippen molar-refractivity contribution in [3.8, 4) is 0 Å². The smallest absolute Gasteiger partial charge is 0.159 e. The number of likely N-dealkylation sites (tertiary alicyclic amines) is 1. The minimum absolute atomic E-state index is 0.659. The first-order chi connectivity index (χ1) is 6.79. The van der Waals surface area contributed by atoms with Crippen molar-refractivity contribution in [1.29, 1.82) is 0 Å². The Morgan fingerprint density at radius 1 is 1.71 bits per heavy atom. The van der Waals surface area contributed by atoms with Crippen LogP contribution in [-0.2, 0) is 0 Å². The van der Waals surface area contributed by atoms with Crippen LogP contribution in [0, 0.1) is 0 Å². The van der Waals surface area contributed by atoms with Gasteiger partial charge in [0.2, 0.25) is 0 Å². The molecule has 78 valence electrons. The van der Waals surface area contributed by atoms with Gasteiger partial charge in [0.25, 0.3) is 0 Å². The van der Waals surface area contributed by atoms with E-state index in [-0.39, 0.29) is 0 Å². The van der Waals surface area contributed by atoms with Crippen LogP contribution in [0.25, 0.3) is 0 Å². The summed E-state index contributed by atoms with van der Waals surface area (Å²) in [5, 5.41) is 2.19. The second-order valence-corrected chi connectivity index (χ2v) is 5.89. The highest BCUT2D eigenvalue weighted by atomic mass is 79.9. The average molecular weight is 275 g/mol. The average Bonchev–Trinajstić information content (AvgIpc) is 2.65. The molecule has 1 fully saturated rings. The van der Waals surface area contributed by atoms with E-state index in [0.717, 1.165) is 3.92 Å². The van der Waals surface area contributed by atoms with Crippen LogP contribution in [0.5, 0.6) is 0 Å². The maximum atomic E-state index is 4.51. The number of thiazole rings is 1. The van der Waals surface area contributed by atoms with Crippen LogP contribution < -0.4 is 0 Å². The molecule has 0 amide bonds. The summed E-state index contributed by atoms with van der Waals surface area (Å²) in [5.41, 5.74) is 1.28. The molecule has 1 aliphatic heterocycles. The maximum Gasteiger partial charge on any atom is 0.159 e. The lowest BCUT2D eigenvalue weighted by Gasteiger charge is -2.30. The van der Waals surface area contributed by atoms with E-state index in [0.29, 0.717) is 5.92 Å². The third-order valence-corrected chi connectivity index (χ3v) is 4.25. The fourth-order valence-corrected chi connectivity index (χ4v) is 3.14. The Labute approximate surface area is 97.5 Å². The standard InChI is InChI=1S/C10H15BrN2S/c1-2-13-5-3-4-8(6-13)9-7-14-10(11)12-9/h7-8H,2-6H2,1H3. The predicted octanol–water partition coefficient (Wildman–Crippen LogP) is 3.10. The molecule has 0 aromatic carbocycles. The number of rotatable bonds is 2. The Kier molecular flexibility index (Phi) is 3.57. The molecule has 1 aliphatic rings. The molecule has 1 aromatic rings. The largest absolute Gasteiger partial charge is 0.303 e. The van der Waals surface area contributed by atoms with Crippen LogP contribution in [0.1, 0.15) is 31.4 Å². The van der Waals surface area contributed by atoms with Gasteiger partial charge in [0.15, 0.2) is 3.92 Å². The van der Waals surface area contributed by atoms with Gasteiger partial charge in [0.05, 0.1) is 5.69 Å². The number of likely N-dealkylation sites (N-methyl/N-ethyl adjacent to an activating group) is 1. The Hall–Kier alpha value is 0.0700. The SMILES string of the molecule is CCN1CCCC(c2csc(Br)n2)C1. The Bertz CT molecular complexity index is 300. The zero-order valence-corrected chi connectivity index (χ0v) is 10.8. The van der Waals surface area contributed by atoms with Gasteiger partial charge in [-0.05, 0) is 41.9 Å². The predicted molar refractivity (Wildman–Crippen MR) is 63.9 cm³/mol. The summed E-state index contributed by atoms with van der Waals surface area (Å²) in [6, 6.07) is 0. The molecule has 2 nitrogen and oxygen atoms in total. The summed E-state index contributed by atoms with van der Waals surface area (Å²) in [4.78, 5) is 7.03. The van der Waals surface area contributed by atoms with Crippen LogP contribution in [-0.4, -0.2) is 29.5 Å². The van der Waals surface area contributed by atoms with E-state index < -0.39 is 0 Å². The van der Waals surface area contributed by atoms with E-state index in [2.05, 4.69) is 38.1 Å². The highest BCUT2D eigenvalue weighted by molar-refractivity contribution is 9.11. The van der Waals surface area contributed by atoms with Gasteiger partial charge in [-0.2, -0.15) is 0 Å². The zero-order valence-electron chi connectivity index (χ0n) is 8.37. The Balaban J connectivity index is 2.04. The van der Waals surface area contributed by atoms with E-state index in [1.54, 1.807) is 11.3 Å². The van der Waals surface area contributed by atoms with Gasteiger partial charge >= 0.3 is 0 Å². The van der Waals surface area contributed by atoms with Gasteiger partial charge < -0.3 is 4.90 Å². The van der Waals surface area contributed by atoms with Crippen LogP contribution >= 0.6 is 27.3 Å². The molecule has 1 saturated heterocycles. The fourth-order valence-electron chi connectivity index (χ4n) is 2.03. The molecule has 4 heteroatoms. The van der Waals surface area contributed by atoms with E-state index in [1.165, 1.54) is 38.2 Å². The molecule has 0 spiro atoms. The van der Waals surface area contributed by atoms with Gasteiger partial charge in [-0.25, -0.2) is 4.98 Å². The number of piperidine rings is 1. The normalized spacial score (nSPS) is 24.0. The number of hydrogen-bond donors (Lipinski definition) is 0. The monoisotopic (exact) mass is 274 g/mol. The number of hydrogen-bond acceptors (Lipinski definition) is 3. The van der Waals surface area contributed by atoms with E-state index >= 15 is 0 Å². The van der Waals surface area contributed by atoms with Gasteiger partial charge in [-0.15, -0.1) is 11.3 Å². The van der Waals surface area contributed by atoms with Gasteiger partial charge in [-0.1, -0.05) is 6.92 Å². The molecule has 2 rings (SSSR count). The maximum absolute atomic E-state index is 4.51. The molecule has 1 atom stereocenters. The zero-order chi connectivity index (χ0) is 9.97. The van der Waals surface area contributed by atoms with Crippen molar-refractivity contribution < 1.29 is 0 Å². The molecule has 14 heavy (non-hydrogen) atoms. The summed E-state index contributed by atoms with van der Waals surface area (Å²) < 4.78 is 1.01. The van der Waals surface area contributed by atoms with Crippen molar-refractivity contribution in [2.75, 3.05) is 19.6 Å². The summed E-state index contributed by atoms with van der Waals surface area (Å²) in [5.74, 6) is 0.659. The molecule has 0 saturated carbocycles. The van der Waals surface area contributed by atoms with Crippen molar-refractivity contribution in [3.05, 3.63) is 15.0 Å². The van der Waals surface area contributed by atoms with Crippen LogP contribution in [0.15, 0.2) is 9.30 Å². The van der Waals surface area contributed by atoms with Gasteiger partial charge in [-0.3, -0.25) is 0 Å². The lowest BCUT2D eigenvalue weighted by Crippen LogP contribution is -2.34. The molecule has 0 radical (unpaired) electrons. The number of aromatic nitrogens is 1. The molecule has 1 aromatic heterocycles. The first-order valence-electron chi connectivity index (χ1n) is 5.13. The molecule has 0 N–H and O–H groups in total. The highest BCUT2D eigenvalue weighted by Crippen LogP contribution is 2.29. The Morgan fingerprint density at radius 2 is 2.57 bits per heavy atom. The molecular weight excluding hydrogens is 260 g/mol. The fraction of sp³-hybridized carbons (Fsp3) is 0.700. The number of halogens is 1. The Morgan fingerprint density at radius 3 is 3.21 bits per heavy atom. The summed E-state index contributed by atoms with van der Waals surface area (Å²) in [6.45, 7) is 5.85. The lowest BCUT2D eigenvalue weighted by atomic mass is 9.96. The third-order valence-electron chi connectivity index (χ3n) is 2.86. The van der Waals surface area contributed by atoms with Crippen molar-refractivity contribution in [1.82, 2.24) is 9.88 Å². The molecular formula is C10H15BrN2S. The number of nitrogens with zero attached hydrogens (tertiary/aromatic N) is 2. The second kappa shape index (κ2) is 4.73. The van der Waals surface area contributed by atoms with Crippen LogP contribution in [0.2, 0.25) is 0 Å².